The van der Waals surface area contributed by atoms with Gasteiger partial charge in [0.15, 0.2) is 5.78 Å². The van der Waals surface area contributed by atoms with Crippen molar-refractivity contribution in [2.24, 2.45) is 5.92 Å². The summed E-state index contributed by atoms with van der Waals surface area (Å²) in [6, 6.07) is 17.8. The first kappa shape index (κ1) is 25.1. The molecule has 0 aliphatic carbocycles. The lowest BCUT2D eigenvalue weighted by molar-refractivity contribution is -0.137. The summed E-state index contributed by atoms with van der Waals surface area (Å²) in [5.74, 6) is -1.29. The van der Waals surface area contributed by atoms with Crippen molar-refractivity contribution in [2.45, 2.75) is 36.8 Å². The molecule has 40 heavy (non-hydrogen) atoms. The van der Waals surface area contributed by atoms with Crippen molar-refractivity contribution in [1.29, 1.82) is 0 Å². The Morgan fingerprint density at radius 2 is 1.85 bits per heavy atom. The molecule has 7 nitrogen and oxygen atoms in total. The van der Waals surface area contributed by atoms with E-state index in [1.807, 2.05) is 43.3 Å². The van der Waals surface area contributed by atoms with Crippen LogP contribution in [0.4, 0.5) is 11.4 Å². The normalized spacial score (nSPS) is 27.9. The average molecular weight is 554 g/mol. The summed E-state index contributed by atoms with van der Waals surface area (Å²) >= 11 is 6.51. The lowest BCUT2D eigenvalue weighted by Crippen LogP contribution is -2.62. The number of ketones is 1. The van der Waals surface area contributed by atoms with Gasteiger partial charge >= 0.3 is 0 Å². The predicted molar refractivity (Wildman–Crippen MR) is 153 cm³/mol. The van der Waals surface area contributed by atoms with E-state index >= 15 is 0 Å². The lowest BCUT2D eigenvalue weighted by Gasteiger charge is -2.43. The van der Waals surface area contributed by atoms with Gasteiger partial charge in [0.1, 0.15) is 23.3 Å². The molecule has 0 unspecified atom stereocenters. The van der Waals surface area contributed by atoms with E-state index in [-0.39, 0.29) is 30.2 Å². The number of carbonyl (C=O) groups excluding carboxylic acids is 3. The Hall–Kier alpha value is -3.94. The number of benzene rings is 3. The topological polar surface area (TPSA) is 87.7 Å². The molecule has 2 spiro atoms. The molecule has 4 atom stereocenters. The fourth-order valence-corrected chi connectivity index (χ4v) is 8.04. The van der Waals surface area contributed by atoms with Gasteiger partial charge in [-0.25, -0.2) is 0 Å². The first-order valence-electron chi connectivity index (χ1n) is 13.5. The van der Waals surface area contributed by atoms with Crippen molar-refractivity contribution in [3.63, 3.8) is 0 Å². The summed E-state index contributed by atoms with van der Waals surface area (Å²) in [6.07, 6.45) is 3.11. The van der Waals surface area contributed by atoms with Gasteiger partial charge < -0.3 is 15.4 Å². The van der Waals surface area contributed by atoms with Crippen LogP contribution in [0.15, 0.2) is 73.3 Å². The fraction of sp³-hybridized carbons (Fsp3) is 0.281. The molecule has 7 rings (SSSR count). The Labute approximate surface area is 237 Å². The molecule has 4 aliphatic rings. The maximum Gasteiger partial charge on any atom is 0.251 e. The van der Waals surface area contributed by atoms with Gasteiger partial charge in [-0.05, 0) is 61.7 Å². The number of ether oxygens (including phenoxy) is 1. The van der Waals surface area contributed by atoms with E-state index < -0.39 is 16.9 Å². The molecule has 0 radical (unpaired) electrons. The van der Waals surface area contributed by atoms with Crippen LogP contribution in [0, 0.1) is 12.8 Å². The van der Waals surface area contributed by atoms with Crippen molar-refractivity contribution >= 4 is 40.6 Å². The maximum atomic E-state index is 14.9. The molecule has 3 aromatic carbocycles. The number of halogens is 1. The van der Waals surface area contributed by atoms with Crippen molar-refractivity contribution in [1.82, 2.24) is 4.90 Å². The van der Waals surface area contributed by atoms with Crippen LogP contribution >= 0.6 is 11.6 Å². The minimum absolute atomic E-state index is 0.216. The largest absolute Gasteiger partial charge is 0.489 e. The number of para-hydroxylation sites is 2. The van der Waals surface area contributed by atoms with Gasteiger partial charge in [-0.1, -0.05) is 60.7 Å². The van der Waals surface area contributed by atoms with Crippen molar-refractivity contribution in [3.05, 3.63) is 101 Å². The molecule has 4 heterocycles. The van der Waals surface area contributed by atoms with Crippen molar-refractivity contribution in [3.8, 4) is 5.75 Å². The van der Waals surface area contributed by atoms with Crippen LogP contribution in [0.5, 0.6) is 5.75 Å². The van der Waals surface area contributed by atoms with E-state index in [1.165, 1.54) is 0 Å². The van der Waals surface area contributed by atoms with Gasteiger partial charge in [-0.3, -0.25) is 19.3 Å². The Morgan fingerprint density at radius 3 is 2.67 bits per heavy atom. The zero-order valence-corrected chi connectivity index (χ0v) is 22.8. The summed E-state index contributed by atoms with van der Waals surface area (Å²) in [7, 11) is 0. The monoisotopic (exact) mass is 553 g/mol. The number of hydrogen-bond acceptors (Lipinski definition) is 5. The average Bonchev–Trinajstić information content (AvgIpc) is 3.68. The summed E-state index contributed by atoms with van der Waals surface area (Å²) < 4.78 is 5.90. The highest BCUT2D eigenvalue weighted by atomic mass is 35.5. The SMILES string of the molecule is C=CCOc1ccccc1C(=O)[C@@H]1[C@@H]2CCCN2[C@]2(C(=O)Nc3c2ccc(Cl)c3C)[C@]12C(=O)Nc1ccccc12. The smallest absolute Gasteiger partial charge is 0.251 e. The predicted octanol–water partition coefficient (Wildman–Crippen LogP) is 5.23. The summed E-state index contributed by atoms with van der Waals surface area (Å²) in [6.45, 7) is 6.41. The summed E-state index contributed by atoms with van der Waals surface area (Å²) in [4.78, 5) is 46.2. The molecule has 3 aromatic rings. The zero-order valence-electron chi connectivity index (χ0n) is 22.0. The van der Waals surface area contributed by atoms with Crippen LogP contribution in [-0.2, 0) is 20.5 Å². The third-order valence-electron chi connectivity index (χ3n) is 9.26. The van der Waals surface area contributed by atoms with Crippen LogP contribution in [0.25, 0.3) is 0 Å². The van der Waals surface area contributed by atoms with Crippen molar-refractivity contribution in [2.75, 3.05) is 23.8 Å². The molecule has 2 saturated heterocycles. The van der Waals surface area contributed by atoms with Gasteiger partial charge in [0.05, 0.1) is 17.2 Å². The first-order valence-corrected chi connectivity index (χ1v) is 13.9. The second-order valence-corrected chi connectivity index (χ2v) is 11.3. The molecule has 8 heteroatoms. The molecule has 0 saturated carbocycles. The highest BCUT2D eigenvalue weighted by Gasteiger charge is 2.81. The first-order chi connectivity index (χ1) is 19.4. The van der Waals surface area contributed by atoms with Crippen LogP contribution in [-0.4, -0.2) is 41.7 Å². The Bertz CT molecular complexity index is 1640. The van der Waals surface area contributed by atoms with Gasteiger partial charge in [-0.2, -0.15) is 0 Å². The standard InChI is InChI=1S/C32H28ClN3O4/c1-3-17-40-25-13-7-4-9-19(25)28(37)26-24-12-8-16-36(24)32(21-14-15-22(33)18(2)27(21)35-30(32)39)31(26)20-10-5-6-11-23(20)34-29(31)38/h3-7,9-11,13-15,24,26H,1,8,12,16-17H2,2H3,(H,34,38)(H,35,39)/t24-,26-,31-,32+/m0/s1. The number of fused-ring (bicyclic) bond motifs is 7. The molecule has 4 aliphatic heterocycles. The number of anilines is 2. The summed E-state index contributed by atoms with van der Waals surface area (Å²) in [5.41, 5.74) is 0.745. The van der Waals surface area contributed by atoms with Crippen LogP contribution in [0.1, 0.15) is 39.9 Å². The number of amides is 2. The van der Waals surface area contributed by atoms with E-state index in [0.717, 1.165) is 12.0 Å². The zero-order chi connectivity index (χ0) is 27.8. The van der Waals surface area contributed by atoms with Gasteiger partial charge in [0, 0.05) is 22.3 Å². The van der Waals surface area contributed by atoms with Gasteiger partial charge in [-0.15, -0.1) is 0 Å². The van der Waals surface area contributed by atoms with Crippen molar-refractivity contribution < 1.29 is 19.1 Å². The van der Waals surface area contributed by atoms with E-state index in [9.17, 15) is 14.4 Å². The van der Waals surface area contributed by atoms with E-state index in [1.54, 1.807) is 30.3 Å². The number of rotatable bonds is 5. The number of Topliss-reactive ketones (excluding diaryl/α,β-unsaturated/α-hetero) is 1. The Morgan fingerprint density at radius 1 is 1.07 bits per heavy atom. The van der Waals surface area contributed by atoms with E-state index in [0.29, 0.717) is 51.8 Å². The molecule has 2 N–H and O–H groups in total. The number of nitrogens with zero attached hydrogens (tertiary/aromatic N) is 1. The second kappa shape index (κ2) is 8.78. The van der Waals surface area contributed by atoms with Gasteiger partial charge in [0.2, 0.25) is 5.91 Å². The number of hydrogen-bond donors (Lipinski definition) is 2. The third kappa shape index (κ3) is 2.86. The molecular formula is C32H28ClN3O4. The lowest BCUT2D eigenvalue weighted by atomic mass is 9.57. The number of carbonyl (C=O) groups is 3. The minimum atomic E-state index is -1.52. The highest BCUT2D eigenvalue weighted by Crippen LogP contribution is 2.68. The fourth-order valence-electron chi connectivity index (χ4n) is 7.88. The molecule has 0 aromatic heterocycles. The van der Waals surface area contributed by atoms with E-state index in [4.69, 9.17) is 16.3 Å². The minimum Gasteiger partial charge on any atom is -0.489 e. The third-order valence-corrected chi connectivity index (χ3v) is 9.67. The van der Waals surface area contributed by atoms with Gasteiger partial charge in [0.25, 0.3) is 5.91 Å². The molecule has 202 valence electrons. The molecular weight excluding hydrogens is 526 g/mol. The Balaban J connectivity index is 1.56. The Kier molecular flexibility index (Phi) is 5.50. The number of nitrogens with one attached hydrogen (secondary N) is 2. The molecule has 0 bridgehead atoms. The molecule has 2 amide bonds. The van der Waals surface area contributed by atoms with Crippen LogP contribution < -0.4 is 15.4 Å². The van der Waals surface area contributed by atoms with Crippen LogP contribution in [0.3, 0.4) is 0 Å². The van der Waals surface area contributed by atoms with E-state index in [2.05, 4.69) is 22.1 Å². The maximum absolute atomic E-state index is 14.9. The van der Waals surface area contributed by atoms with Crippen LogP contribution in [0.2, 0.25) is 5.02 Å². The molecule has 2 fully saturated rings. The quantitative estimate of drug-likeness (QED) is 0.334. The second-order valence-electron chi connectivity index (χ2n) is 10.9. The highest BCUT2D eigenvalue weighted by molar-refractivity contribution is 6.32. The summed E-state index contributed by atoms with van der Waals surface area (Å²) in [5, 5.41) is 6.69.